The third-order valence-electron chi connectivity index (χ3n) is 4.08. The van der Waals surface area contributed by atoms with Gasteiger partial charge in [0.25, 0.3) is 0 Å². The number of carbonyl (C=O) groups excluding carboxylic acids is 1. The molecule has 0 aliphatic carbocycles. The fraction of sp³-hybridized carbons (Fsp3) is 0.350. The first-order chi connectivity index (χ1) is 11.5. The second kappa shape index (κ2) is 8.60. The van der Waals surface area contributed by atoms with E-state index in [2.05, 4.69) is 31.2 Å². The number of nitrogens with zero attached hydrogens (tertiary/aromatic N) is 2. The Hall–Kier alpha value is -2.20. The SMILES string of the molecule is CCc1ccc(CN(C)C(=O)CN(C)Cc2ccccc2F)cc1. The van der Waals surface area contributed by atoms with Gasteiger partial charge < -0.3 is 4.90 Å². The van der Waals surface area contributed by atoms with Crippen LogP contribution in [0, 0.1) is 5.82 Å². The molecule has 0 N–H and O–H groups in total. The number of hydrogen-bond acceptors (Lipinski definition) is 2. The van der Waals surface area contributed by atoms with E-state index in [4.69, 9.17) is 0 Å². The Kier molecular flexibility index (Phi) is 6.50. The molecule has 4 heteroatoms. The lowest BCUT2D eigenvalue weighted by Gasteiger charge is -2.22. The zero-order valence-electron chi connectivity index (χ0n) is 14.6. The molecular formula is C20H25FN2O. The summed E-state index contributed by atoms with van der Waals surface area (Å²) in [4.78, 5) is 15.9. The standard InChI is InChI=1S/C20H25FN2O/c1-4-16-9-11-17(12-10-16)13-23(3)20(24)15-22(2)14-18-7-5-6-8-19(18)21/h5-12H,4,13-15H2,1-3H3. The lowest BCUT2D eigenvalue weighted by Crippen LogP contribution is -2.36. The Bertz CT molecular complexity index is 670. The van der Waals surface area contributed by atoms with Gasteiger partial charge in [-0.25, -0.2) is 4.39 Å². The first kappa shape index (κ1) is 18.1. The van der Waals surface area contributed by atoms with Gasteiger partial charge in [-0.3, -0.25) is 9.69 Å². The van der Waals surface area contributed by atoms with E-state index >= 15 is 0 Å². The Morgan fingerprint density at radius 3 is 2.21 bits per heavy atom. The summed E-state index contributed by atoms with van der Waals surface area (Å²) in [6, 6.07) is 15.0. The number of amides is 1. The summed E-state index contributed by atoms with van der Waals surface area (Å²) in [6.07, 6.45) is 1.01. The van der Waals surface area contributed by atoms with Gasteiger partial charge in [0, 0.05) is 25.7 Å². The van der Waals surface area contributed by atoms with Gasteiger partial charge in [0.15, 0.2) is 0 Å². The van der Waals surface area contributed by atoms with Crippen LogP contribution in [0.25, 0.3) is 0 Å². The Morgan fingerprint density at radius 1 is 0.958 bits per heavy atom. The fourth-order valence-corrected chi connectivity index (χ4v) is 2.57. The van der Waals surface area contributed by atoms with Gasteiger partial charge in [0.1, 0.15) is 5.82 Å². The molecule has 0 aliphatic heterocycles. The summed E-state index contributed by atoms with van der Waals surface area (Å²) in [7, 11) is 3.63. The molecule has 0 aromatic heterocycles. The first-order valence-electron chi connectivity index (χ1n) is 8.23. The van der Waals surface area contributed by atoms with Crippen LogP contribution >= 0.6 is 0 Å². The Morgan fingerprint density at radius 2 is 1.58 bits per heavy atom. The molecule has 1 amide bonds. The molecule has 0 bridgehead atoms. The average Bonchev–Trinajstić information content (AvgIpc) is 2.57. The van der Waals surface area contributed by atoms with Crippen LogP contribution < -0.4 is 0 Å². The fourth-order valence-electron chi connectivity index (χ4n) is 2.57. The van der Waals surface area contributed by atoms with Crippen LogP contribution in [0.5, 0.6) is 0 Å². The van der Waals surface area contributed by atoms with Crippen LogP contribution in [0.2, 0.25) is 0 Å². The predicted molar refractivity (Wildman–Crippen MR) is 95.0 cm³/mol. The normalized spacial score (nSPS) is 10.9. The van der Waals surface area contributed by atoms with Crippen molar-refractivity contribution in [3.8, 4) is 0 Å². The van der Waals surface area contributed by atoms with Crippen LogP contribution in [-0.4, -0.2) is 36.3 Å². The zero-order valence-corrected chi connectivity index (χ0v) is 14.6. The summed E-state index contributed by atoms with van der Waals surface area (Å²) in [6.45, 7) is 3.38. The quantitative estimate of drug-likeness (QED) is 0.777. The van der Waals surface area contributed by atoms with E-state index < -0.39 is 0 Å². The molecular weight excluding hydrogens is 303 g/mol. The molecule has 0 radical (unpaired) electrons. The summed E-state index contributed by atoms with van der Waals surface area (Å²) in [5.74, 6) is -0.213. The molecule has 2 aromatic carbocycles. The number of carbonyl (C=O) groups is 1. The summed E-state index contributed by atoms with van der Waals surface area (Å²) in [5, 5.41) is 0. The molecule has 2 aromatic rings. The lowest BCUT2D eigenvalue weighted by molar-refractivity contribution is -0.131. The van der Waals surface area contributed by atoms with Crippen molar-refractivity contribution in [2.45, 2.75) is 26.4 Å². The van der Waals surface area contributed by atoms with Crippen molar-refractivity contribution in [1.29, 1.82) is 0 Å². The van der Waals surface area contributed by atoms with Gasteiger partial charge in [-0.1, -0.05) is 49.4 Å². The highest BCUT2D eigenvalue weighted by Gasteiger charge is 2.13. The van der Waals surface area contributed by atoms with E-state index in [0.29, 0.717) is 18.7 Å². The van der Waals surface area contributed by atoms with Crippen LogP contribution in [0.3, 0.4) is 0 Å². The largest absolute Gasteiger partial charge is 0.340 e. The van der Waals surface area contributed by atoms with Crippen molar-refractivity contribution in [2.24, 2.45) is 0 Å². The van der Waals surface area contributed by atoms with E-state index in [1.807, 2.05) is 11.9 Å². The molecule has 24 heavy (non-hydrogen) atoms. The molecule has 0 atom stereocenters. The zero-order chi connectivity index (χ0) is 17.5. The van der Waals surface area contributed by atoms with Crippen LogP contribution in [0.4, 0.5) is 4.39 Å². The molecule has 0 fully saturated rings. The molecule has 0 spiro atoms. The van der Waals surface area contributed by atoms with Gasteiger partial charge in [-0.2, -0.15) is 0 Å². The van der Waals surface area contributed by atoms with E-state index in [-0.39, 0.29) is 18.3 Å². The summed E-state index contributed by atoms with van der Waals surface area (Å²) >= 11 is 0. The van der Waals surface area contributed by atoms with Crippen LogP contribution in [0.15, 0.2) is 48.5 Å². The maximum atomic E-state index is 13.7. The third kappa shape index (κ3) is 5.17. The number of halogens is 1. The molecule has 0 unspecified atom stereocenters. The van der Waals surface area contributed by atoms with Crippen molar-refractivity contribution in [1.82, 2.24) is 9.80 Å². The number of rotatable bonds is 7. The lowest BCUT2D eigenvalue weighted by atomic mass is 10.1. The van der Waals surface area contributed by atoms with Crippen molar-refractivity contribution in [3.63, 3.8) is 0 Å². The maximum Gasteiger partial charge on any atom is 0.236 e. The highest BCUT2D eigenvalue weighted by Crippen LogP contribution is 2.10. The van der Waals surface area contributed by atoms with Crippen LogP contribution in [-0.2, 0) is 24.3 Å². The van der Waals surface area contributed by atoms with Crippen molar-refractivity contribution in [2.75, 3.05) is 20.6 Å². The van der Waals surface area contributed by atoms with E-state index in [0.717, 1.165) is 12.0 Å². The molecule has 128 valence electrons. The molecule has 3 nitrogen and oxygen atoms in total. The van der Waals surface area contributed by atoms with E-state index in [1.54, 1.807) is 30.1 Å². The van der Waals surface area contributed by atoms with E-state index in [9.17, 15) is 9.18 Å². The number of benzene rings is 2. The number of aryl methyl sites for hydroxylation is 1. The highest BCUT2D eigenvalue weighted by atomic mass is 19.1. The molecule has 0 heterocycles. The molecule has 0 aliphatic rings. The Balaban J connectivity index is 1.87. The summed E-state index contributed by atoms with van der Waals surface area (Å²) in [5.41, 5.74) is 3.00. The van der Waals surface area contributed by atoms with Crippen molar-refractivity contribution in [3.05, 3.63) is 71.0 Å². The maximum absolute atomic E-state index is 13.7. The minimum absolute atomic E-state index is 0.0217. The first-order valence-corrected chi connectivity index (χ1v) is 8.23. The number of hydrogen-bond donors (Lipinski definition) is 0. The Labute approximate surface area is 143 Å². The third-order valence-corrected chi connectivity index (χ3v) is 4.08. The van der Waals surface area contributed by atoms with Gasteiger partial charge in [-0.05, 0) is 30.7 Å². The highest BCUT2D eigenvalue weighted by molar-refractivity contribution is 5.77. The predicted octanol–water partition coefficient (Wildman–Crippen LogP) is 3.48. The second-order valence-corrected chi connectivity index (χ2v) is 6.18. The van der Waals surface area contributed by atoms with E-state index in [1.165, 1.54) is 11.6 Å². The minimum Gasteiger partial charge on any atom is -0.340 e. The smallest absolute Gasteiger partial charge is 0.236 e. The molecule has 2 rings (SSSR count). The van der Waals surface area contributed by atoms with Crippen molar-refractivity contribution < 1.29 is 9.18 Å². The topological polar surface area (TPSA) is 23.6 Å². The second-order valence-electron chi connectivity index (χ2n) is 6.18. The van der Waals surface area contributed by atoms with Gasteiger partial charge in [0.05, 0.1) is 6.54 Å². The minimum atomic E-state index is -0.235. The van der Waals surface area contributed by atoms with Crippen LogP contribution in [0.1, 0.15) is 23.6 Å². The number of likely N-dealkylation sites (N-methyl/N-ethyl adjacent to an activating group) is 2. The summed E-state index contributed by atoms with van der Waals surface area (Å²) < 4.78 is 13.7. The molecule has 0 saturated heterocycles. The van der Waals surface area contributed by atoms with Gasteiger partial charge in [-0.15, -0.1) is 0 Å². The van der Waals surface area contributed by atoms with Crippen molar-refractivity contribution >= 4 is 5.91 Å². The monoisotopic (exact) mass is 328 g/mol. The van der Waals surface area contributed by atoms with Gasteiger partial charge >= 0.3 is 0 Å². The molecule has 0 saturated carbocycles. The average molecular weight is 328 g/mol. The van der Waals surface area contributed by atoms with Gasteiger partial charge in [0.2, 0.25) is 5.91 Å².